The van der Waals surface area contributed by atoms with Crippen LogP contribution in [0.15, 0.2) is 0 Å². The number of rotatable bonds is 5. The Balaban J connectivity index is 1.79. The van der Waals surface area contributed by atoms with Crippen LogP contribution in [0.4, 0.5) is 0 Å². The van der Waals surface area contributed by atoms with E-state index in [-0.39, 0.29) is 5.92 Å². The molecule has 2 fully saturated rings. The molecule has 2 rings (SSSR count). The number of hydrogen-bond donors (Lipinski definition) is 3. The lowest BCUT2D eigenvalue weighted by atomic mass is 9.89. The monoisotopic (exact) mass is 212 g/mol. The zero-order chi connectivity index (χ0) is 10.7. The summed E-state index contributed by atoms with van der Waals surface area (Å²) in [7, 11) is 0. The smallest absolute Gasteiger partial charge is 0.308 e. The van der Waals surface area contributed by atoms with Crippen molar-refractivity contribution in [2.45, 2.75) is 31.7 Å². The van der Waals surface area contributed by atoms with Crippen molar-refractivity contribution in [3.05, 3.63) is 0 Å². The summed E-state index contributed by atoms with van der Waals surface area (Å²) in [5.41, 5.74) is 0. The van der Waals surface area contributed by atoms with E-state index in [1.807, 2.05) is 0 Å². The Morgan fingerprint density at radius 2 is 2.27 bits per heavy atom. The van der Waals surface area contributed by atoms with E-state index in [0.29, 0.717) is 18.5 Å². The molecule has 0 amide bonds. The van der Waals surface area contributed by atoms with Crippen molar-refractivity contribution in [2.24, 2.45) is 11.8 Å². The third-order valence-electron chi connectivity index (χ3n) is 3.72. The van der Waals surface area contributed by atoms with Crippen molar-refractivity contribution in [1.29, 1.82) is 0 Å². The summed E-state index contributed by atoms with van der Waals surface area (Å²) in [5.74, 6) is -0.536. The van der Waals surface area contributed by atoms with Gasteiger partial charge in [0.1, 0.15) is 0 Å². The zero-order valence-corrected chi connectivity index (χ0v) is 9.04. The minimum atomic E-state index is -0.643. The average molecular weight is 212 g/mol. The highest BCUT2D eigenvalue weighted by atomic mass is 16.4. The molecule has 0 aromatic heterocycles. The Morgan fingerprint density at radius 3 is 2.73 bits per heavy atom. The van der Waals surface area contributed by atoms with Crippen LogP contribution in [0.25, 0.3) is 0 Å². The van der Waals surface area contributed by atoms with Crippen LogP contribution in [0.3, 0.4) is 0 Å². The molecule has 86 valence electrons. The van der Waals surface area contributed by atoms with Crippen LogP contribution < -0.4 is 10.6 Å². The predicted octanol–water partition coefficient (Wildman–Crippen LogP) is 0.439. The molecule has 0 spiro atoms. The van der Waals surface area contributed by atoms with Crippen molar-refractivity contribution >= 4 is 5.97 Å². The average Bonchev–Trinajstić information content (AvgIpc) is 2.61. The molecule has 4 heteroatoms. The maximum Gasteiger partial charge on any atom is 0.308 e. The summed E-state index contributed by atoms with van der Waals surface area (Å²) >= 11 is 0. The van der Waals surface area contributed by atoms with Crippen molar-refractivity contribution in [2.75, 3.05) is 19.6 Å². The first-order valence-corrected chi connectivity index (χ1v) is 5.94. The topological polar surface area (TPSA) is 61.4 Å². The Bertz CT molecular complexity index is 223. The number of aliphatic carboxylic acids is 1. The van der Waals surface area contributed by atoms with E-state index in [1.54, 1.807) is 0 Å². The minimum absolute atomic E-state index is 0.208. The second-order valence-electron chi connectivity index (χ2n) is 4.73. The van der Waals surface area contributed by atoms with Gasteiger partial charge in [0.25, 0.3) is 0 Å². The van der Waals surface area contributed by atoms with Gasteiger partial charge in [-0.1, -0.05) is 6.42 Å². The van der Waals surface area contributed by atoms with Gasteiger partial charge in [-0.3, -0.25) is 4.79 Å². The van der Waals surface area contributed by atoms with E-state index < -0.39 is 5.97 Å². The molecule has 0 aromatic carbocycles. The van der Waals surface area contributed by atoms with E-state index in [4.69, 9.17) is 5.11 Å². The van der Waals surface area contributed by atoms with Crippen LogP contribution in [-0.2, 0) is 4.79 Å². The van der Waals surface area contributed by atoms with Crippen molar-refractivity contribution < 1.29 is 9.90 Å². The van der Waals surface area contributed by atoms with E-state index in [9.17, 15) is 4.79 Å². The molecule has 2 aliphatic rings. The number of nitrogens with one attached hydrogen (secondary N) is 2. The predicted molar refractivity (Wildman–Crippen MR) is 57.7 cm³/mol. The number of carboxylic acids is 1. The van der Waals surface area contributed by atoms with Gasteiger partial charge in [-0.05, 0) is 38.3 Å². The fourth-order valence-corrected chi connectivity index (χ4v) is 2.38. The SMILES string of the molecule is O=C(O)C(CNC1CCC1)C1CCNC1. The van der Waals surface area contributed by atoms with Crippen LogP contribution in [0.5, 0.6) is 0 Å². The van der Waals surface area contributed by atoms with Crippen LogP contribution in [0.2, 0.25) is 0 Å². The summed E-state index contributed by atoms with van der Waals surface area (Å²) < 4.78 is 0. The van der Waals surface area contributed by atoms with Crippen molar-refractivity contribution in [3.8, 4) is 0 Å². The molecule has 1 aliphatic heterocycles. The first-order valence-electron chi connectivity index (χ1n) is 5.94. The van der Waals surface area contributed by atoms with Gasteiger partial charge < -0.3 is 15.7 Å². The summed E-state index contributed by atoms with van der Waals surface area (Å²) in [4.78, 5) is 11.1. The number of carbonyl (C=O) groups is 1. The molecular weight excluding hydrogens is 192 g/mol. The zero-order valence-electron chi connectivity index (χ0n) is 9.04. The molecule has 1 saturated carbocycles. The molecule has 0 radical (unpaired) electrons. The summed E-state index contributed by atoms with van der Waals surface area (Å²) in [6, 6.07) is 0.584. The largest absolute Gasteiger partial charge is 0.481 e. The fraction of sp³-hybridized carbons (Fsp3) is 0.909. The highest BCUT2D eigenvalue weighted by molar-refractivity contribution is 5.70. The quantitative estimate of drug-likeness (QED) is 0.619. The van der Waals surface area contributed by atoms with Crippen LogP contribution >= 0.6 is 0 Å². The standard InChI is InChI=1S/C11H20N2O2/c14-11(15)10(8-4-5-12-6-8)7-13-9-2-1-3-9/h8-10,12-13H,1-7H2,(H,14,15). The van der Waals surface area contributed by atoms with E-state index in [0.717, 1.165) is 19.5 Å². The van der Waals surface area contributed by atoms with E-state index in [1.165, 1.54) is 19.3 Å². The summed E-state index contributed by atoms with van der Waals surface area (Å²) in [6.07, 6.45) is 4.73. The molecule has 1 heterocycles. The second kappa shape index (κ2) is 4.94. The molecular formula is C11H20N2O2. The normalized spacial score (nSPS) is 28.7. The highest BCUT2D eigenvalue weighted by Gasteiger charge is 2.31. The molecule has 0 aromatic rings. The lowest BCUT2D eigenvalue weighted by Crippen LogP contribution is -2.42. The lowest BCUT2D eigenvalue weighted by Gasteiger charge is -2.29. The highest BCUT2D eigenvalue weighted by Crippen LogP contribution is 2.22. The summed E-state index contributed by atoms with van der Waals surface area (Å²) in [6.45, 7) is 2.48. The molecule has 2 atom stereocenters. The Morgan fingerprint density at radius 1 is 1.47 bits per heavy atom. The van der Waals surface area contributed by atoms with E-state index in [2.05, 4.69) is 10.6 Å². The van der Waals surface area contributed by atoms with Crippen molar-refractivity contribution in [3.63, 3.8) is 0 Å². The number of hydrogen-bond acceptors (Lipinski definition) is 3. The van der Waals surface area contributed by atoms with Gasteiger partial charge >= 0.3 is 5.97 Å². The molecule has 0 bridgehead atoms. The van der Waals surface area contributed by atoms with Gasteiger partial charge in [-0.2, -0.15) is 0 Å². The molecule has 4 nitrogen and oxygen atoms in total. The molecule has 1 aliphatic carbocycles. The third-order valence-corrected chi connectivity index (χ3v) is 3.72. The van der Waals surface area contributed by atoms with Gasteiger partial charge in [0.15, 0.2) is 0 Å². The van der Waals surface area contributed by atoms with E-state index >= 15 is 0 Å². The summed E-state index contributed by atoms with van der Waals surface area (Å²) in [5, 5.41) is 15.8. The third kappa shape index (κ3) is 2.69. The maximum absolute atomic E-state index is 11.1. The minimum Gasteiger partial charge on any atom is -0.481 e. The molecule has 15 heavy (non-hydrogen) atoms. The van der Waals surface area contributed by atoms with Crippen LogP contribution in [0, 0.1) is 11.8 Å². The van der Waals surface area contributed by atoms with Gasteiger partial charge in [0.05, 0.1) is 5.92 Å². The Hall–Kier alpha value is -0.610. The Kier molecular flexibility index (Phi) is 3.59. The van der Waals surface area contributed by atoms with Crippen LogP contribution in [-0.4, -0.2) is 36.8 Å². The lowest BCUT2D eigenvalue weighted by molar-refractivity contribution is -0.143. The fourth-order valence-electron chi connectivity index (χ4n) is 2.38. The van der Waals surface area contributed by atoms with Gasteiger partial charge in [-0.25, -0.2) is 0 Å². The molecule has 1 saturated heterocycles. The number of carboxylic acid groups (broad SMARTS) is 1. The Labute approximate surface area is 90.4 Å². The van der Waals surface area contributed by atoms with Crippen molar-refractivity contribution in [1.82, 2.24) is 10.6 Å². The van der Waals surface area contributed by atoms with Gasteiger partial charge in [0.2, 0.25) is 0 Å². The van der Waals surface area contributed by atoms with Crippen LogP contribution in [0.1, 0.15) is 25.7 Å². The van der Waals surface area contributed by atoms with Gasteiger partial charge in [0, 0.05) is 12.6 Å². The first kappa shape index (κ1) is 10.9. The maximum atomic E-state index is 11.1. The molecule has 2 unspecified atom stereocenters. The first-order chi connectivity index (χ1) is 7.27. The molecule has 3 N–H and O–H groups in total. The van der Waals surface area contributed by atoms with Gasteiger partial charge in [-0.15, -0.1) is 0 Å². The second-order valence-corrected chi connectivity index (χ2v) is 4.73.